The van der Waals surface area contributed by atoms with Gasteiger partial charge in [0.1, 0.15) is 11.6 Å². The molecule has 39 heavy (non-hydrogen) atoms. The van der Waals surface area contributed by atoms with Crippen molar-refractivity contribution in [3.8, 4) is 17.2 Å². The zero-order valence-electron chi connectivity index (χ0n) is 20.7. The highest BCUT2D eigenvalue weighted by Gasteiger charge is 2.52. The van der Waals surface area contributed by atoms with E-state index in [4.69, 9.17) is 37.4 Å². The maximum atomic E-state index is 13.6. The van der Waals surface area contributed by atoms with Gasteiger partial charge in [0.15, 0.2) is 31.3 Å². The van der Waals surface area contributed by atoms with Crippen LogP contribution >= 0.6 is 23.2 Å². The normalized spacial score (nSPS) is 21.4. The Bertz CT molecular complexity index is 1390. The maximum absolute atomic E-state index is 13.6. The fourth-order valence-electron chi connectivity index (χ4n) is 4.80. The standard InChI is InChI=1S/C26H24Cl2FN3O7/c1-32-19-4-14(27)5-20(25(19)39-12-24(32)36)38-10-22(34)30-18-7-21(33)26(8-13(18)9-26)31-23(35)11-37-15-2-3-16(28)17(29)6-15/h2-6,21,33H,7-12H2,1H3,(H,30,34)(H,31,35)/t21-/m0/s1. The van der Waals surface area contributed by atoms with Gasteiger partial charge in [0.05, 0.1) is 22.4 Å². The summed E-state index contributed by atoms with van der Waals surface area (Å²) in [6.45, 7) is -0.881. The highest BCUT2D eigenvalue weighted by atomic mass is 35.5. The molecule has 2 bridgehead atoms. The number of fused-ring (bicyclic) bond motifs is 3. The largest absolute Gasteiger partial charge is 0.484 e. The number of hydrogen-bond acceptors (Lipinski definition) is 7. The number of aliphatic hydroxyl groups is 1. The highest BCUT2D eigenvalue weighted by Crippen LogP contribution is 2.48. The molecule has 1 fully saturated rings. The van der Waals surface area contributed by atoms with Gasteiger partial charge in [0, 0.05) is 36.3 Å². The number of hydrogen-bond donors (Lipinski definition) is 3. The van der Waals surface area contributed by atoms with Crippen LogP contribution in [0.15, 0.2) is 41.6 Å². The van der Waals surface area contributed by atoms with Crippen LogP contribution in [-0.4, -0.2) is 61.3 Å². The molecule has 10 nitrogen and oxygen atoms in total. The predicted molar refractivity (Wildman–Crippen MR) is 139 cm³/mol. The van der Waals surface area contributed by atoms with E-state index in [9.17, 15) is 23.9 Å². The van der Waals surface area contributed by atoms with Gasteiger partial charge in [-0.1, -0.05) is 23.2 Å². The summed E-state index contributed by atoms with van der Waals surface area (Å²) in [5, 5.41) is 16.6. The molecule has 1 atom stereocenters. The second-order valence-corrected chi connectivity index (χ2v) is 10.4. The summed E-state index contributed by atoms with van der Waals surface area (Å²) in [6, 6.07) is 6.93. The van der Waals surface area contributed by atoms with Crippen molar-refractivity contribution in [3.05, 3.63) is 57.5 Å². The van der Waals surface area contributed by atoms with E-state index in [0.29, 0.717) is 35.0 Å². The van der Waals surface area contributed by atoms with Crippen LogP contribution in [-0.2, 0) is 14.4 Å². The van der Waals surface area contributed by atoms with Gasteiger partial charge in [0.2, 0.25) is 0 Å². The number of nitrogens with zero attached hydrogens (tertiary/aromatic N) is 1. The average Bonchev–Trinajstić information content (AvgIpc) is 2.86. The van der Waals surface area contributed by atoms with E-state index in [1.807, 2.05) is 0 Å². The van der Waals surface area contributed by atoms with Gasteiger partial charge in [-0.2, -0.15) is 0 Å². The van der Waals surface area contributed by atoms with Crippen LogP contribution in [0, 0.1) is 5.82 Å². The lowest BCUT2D eigenvalue weighted by Gasteiger charge is -2.52. The number of rotatable bonds is 8. The molecule has 3 aliphatic carbocycles. The van der Waals surface area contributed by atoms with Crippen LogP contribution in [0.25, 0.3) is 0 Å². The first-order valence-corrected chi connectivity index (χ1v) is 12.7. The molecule has 206 valence electrons. The average molecular weight is 580 g/mol. The van der Waals surface area contributed by atoms with Crippen LogP contribution in [0.2, 0.25) is 10.0 Å². The Morgan fingerprint density at radius 3 is 2.64 bits per heavy atom. The van der Waals surface area contributed by atoms with Crippen LogP contribution in [0.5, 0.6) is 17.2 Å². The number of aliphatic hydroxyl groups excluding tert-OH is 1. The molecule has 2 aromatic rings. The minimum atomic E-state index is -0.940. The van der Waals surface area contributed by atoms with Gasteiger partial charge >= 0.3 is 0 Å². The molecule has 1 aliphatic heterocycles. The number of amides is 3. The van der Waals surface area contributed by atoms with Gasteiger partial charge in [-0.15, -0.1) is 0 Å². The number of likely N-dealkylation sites (N-methyl/N-ethyl adjacent to an activating group) is 1. The molecule has 2 aromatic carbocycles. The van der Waals surface area contributed by atoms with E-state index in [1.165, 1.54) is 23.1 Å². The van der Waals surface area contributed by atoms with Crippen molar-refractivity contribution in [2.75, 3.05) is 31.8 Å². The smallest absolute Gasteiger partial charge is 0.264 e. The molecular weight excluding hydrogens is 556 g/mol. The SMILES string of the molecule is CN1C(=O)COc2c(OCC(=O)NC3=C4CC(NC(=O)COc5ccc(Cl)c(F)c5)(C4)[C@@H](O)C3)cc(Cl)cc21. The van der Waals surface area contributed by atoms with Crippen molar-refractivity contribution < 1.29 is 38.1 Å². The molecule has 0 aromatic heterocycles. The van der Waals surface area contributed by atoms with E-state index in [1.54, 1.807) is 13.1 Å². The van der Waals surface area contributed by atoms with Gasteiger partial charge in [0.25, 0.3) is 17.7 Å². The van der Waals surface area contributed by atoms with Crippen LogP contribution in [0.1, 0.15) is 19.3 Å². The molecule has 6 rings (SSSR count). The molecule has 0 saturated heterocycles. The van der Waals surface area contributed by atoms with Crippen molar-refractivity contribution in [2.45, 2.75) is 30.9 Å². The molecule has 1 heterocycles. The lowest BCUT2D eigenvalue weighted by molar-refractivity contribution is -0.129. The lowest BCUT2D eigenvalue weighted by Crippen LogP contribution is -2.65. The van der Waals surface area contributed by atoms with Gasteiger partial charge in [-0.05, 0) is 36.6 Å². The zero-order chi connectivity index (χ0) is 27.9. The number of halogens is 3. The Morgan fingerprint density at radius 1 is 1.18 bits per heavy atom. The van der Waals surface area contributed by atoms with Crippen molar-refractivity contribution >= 4 is 46.6 Å². The number of nitrogens with one attached hydrogen (secondary N) is 2. The van der Waals surface area contributed by atoms with Gasteiger partial charge in [-0.25, -0.2) is 4.39 Å². The Labute approximate surface area is 232 Å². The second kappa shape index (κ2) is 10.6. The van der Waals surface area contributed by atoms with Crippen molar-refractivity contribution in [3.63, 3.8) is 0 Å². The monoisotopic (exact) mass is 579 g/mol. The molecule has 0 spiro atoms. The van der Waals surface area contributed by atoms with E-state index in [0.717, 1.165) is 11.6 Å². The quantitative estimate of drug-likeness (QED) is 0.439. The summed E-state index contributed by atoms with van der Waals surface area (Å²) < 4.78 is 30.0. The predicted octanol–water partition coefficient (Wildman–Crippen LogP) is 2.73. The molecular formula is C26H24Cl2FN3O7. The van der Waals surface area contributed by atoms with Gasteiger partial charge in [-0.3, -0.25) is 14.4 Å². The molecule has 0 radical (unpaired) electrons. The molecule has 3 amide bonds. The number of carbonyl (C=O) groups is 3. The van der Waals surface area contributed by atoms with Crippen LogP contribution in [0.4, 0.5) is 10.1 Å². The second-order valence-electron chi connectivity index (χ2n) is 9.55. The number of carbonyl (C=O) groups excluding carboxylic acids is 3. The minimum absolute atomic E-state index is 0.0535. The molecule has 4 aliphatic rings. The summed E-state index contributed by atoms with van der Waals surface area (Å²) in [7, 11) is 1.59. The van der Waals surface area contributed by atoms with E-state index in [2.05, 4.69) is 10.6 Å². The molecule has 1 saturated carbocycles. The number of anilines is 1. The third-order valence-electron chi connectivity index (χ3n) is 6.89. The summed E-state index contributed by atoms with van der Waals surface area (Å²) in [5.74, 6) is -1.13. The molecule has 0 unspecified atom stereocenters. The van der Waals surface area contributed by atoms with E-state index >= 15 is 0 Å². The van der Waals surface area contributed by atoms with Crippen molar-refractivity contribution in [1.29, 1.82) is 0 Å². The number of benzene rings is 2. The third kappa shape index (κ3) is 5.47. The first-order valence-electron chi connectivity index (χ1n) is 12.0. The summed E-state index contributed by atoms with van der Waals surface area (Å²) >= 11 is 11.8. The fraction of sp³-hybridized carbons (Fsp3) is 0.346. The first kappa shape index (κ1) is 27.0. The Morgan fingerprint density at radius 2 is 1.92 bits per heavy atom. The minimum Gasteiger partial charge on any atom is -0.484 e. The van der Waals surface area contributed by atoms with Crippen molar-refractivity contribution in [1.82, 2.24) is 10.6 Å². The Kier molecular flexibility index (Phi) is 7.32. The van der Waals surface area contributed by atoms with Crippen LogP contribution < -0.4 is 29.7 Å². The Hall–Kier alpha value is -3.54. The highest BCUT2D eigenvalue weighted by molar-refractivity contribution is 6.31. The zero-order valence-corrected chi connectivity index (χ0v) is 22.2. The topological polar surface area (TPSA) is 126 Å². The summed E-state index contributed by atoms with van der Waals surface area (Å²) in [6.07, 6.45) is -0.0820. The molecule has 13 heteroatoms. The van der Waals surface area contributed by atoms with E-state index in [-0.39, 0.29) is 48.7 Å². The fourth-order valence-corrected chi connectivity index (χ4v) is 5.12. The lowest BCUT2D eigenvalue weighted by atomic mass is 9.62. The Balaban J connectivity index is 1.15. The third-order valence-corrected chi connectivity index (χ3v) is 7.42. The van der Waals surface area contributed by atoms with Crippen molar-refractivity contribution in [2.24, 2.45) is 0 Å². The maximum Gasteiger partial charge on any atom is 0.264 e. The summed E-state index contributed by atoms with van der Waals surface area (Å²) in [4.78, 5) is 38.4. The van der Waals surface area contributed by atoms with E-state index < -0.39 is 29.3 Å². The molecule has 3 N–H and O–H groups in total. The number of ether oxygens (including phenoxy) is 3. The van der Waals surface area contributed by atoms with Crippen LogP contribution in [0.3, 0.4) is 0 Å². The summed E-state index contributed by atoms with van der Waals surface area (Å²) in [5.41, 5.74) is 1.06. The van der Waals surface area contributed by atoms with Gasteiger partial charge < -0.3 is 34.9 Å². The first-order chi connectivity index (χ1) is 18.5.